The van der Waals surface area contributed by atoms with Gasteiger partial charge in [-0.15, -0.1) is 6.58 Å². The molecule has 0 atom stereocenters. The van der Waals surface area contributed by atoms with Crippen LogP contribution >= 0.6 is 0 Å². The van der Waals surface area contributed by atoms with Crippen molar-refractivity contribution in [3.63, 3.8) is 0 Å². The highest BCUT2D eigenvalue weighted by Gasteiger charge is 1.94. The zero-order valence-electron chi connectivity index (χ0n) is 13.1. The van der Waals surface area contributed by atoms with Gasteiger partial charge in [-0.25, -0.2) is 0 Å². The van der Waals surface area contributed by atoms with Crippen LogP contribution in [-0.4, -0.2) is 6.61 Å². The Kier molecular flexibility index (Phi) is 6.33. The molecule has 2 rings (SSSR count). The average molecular weight is 290 g/mol. The van der Waals surface area contributed by atoms with Crippen LogP contribution in [0.15, 0.2) is 61.2 Å². The number of rotatable bonds is 6. The first-order valence-electron chi connectivity index (χ1n) is 7.76. The van der Waals surface area contributed by atoms with Gasteiger partial charge in [0.05, 0.1) is 6.61 Å². The molecule has 0 heterocycles. The number of hydrogen-bond donors (Lipinski definition) is 0. The van der Waals surface area contributed by atoms with Gasteiger partial charge in [-0.05, 0) is 68.1 Å². The lowest BCUT2D eigenvalue weighted by atomic mass is 10.1. The maximum Gasteiger partial charge on any atom is 0.119 e. The maximum atomic E-state index is 5.42. The lowest BCUT2D eigenvalue weighted by Crippen LogP contribution is -1.90. The van der Waals surface area contributed by atoms with Crippen LogP contribution in [0, 0.1) is 11.8 Å². The first-order chi connectivity index (χ1) is 10.8. The quantitative estimate of drug-likeness (QED) is 0.413. The van der Waals surface area contributed by atoms with E-state index in [0.29, 0.717) is 6.61 Å². The second-order valence-corrected chi connectivity index (χ2v) is 5.09. The first kappa shape index (κ1) is 15.9. The van der Waals surface area contributed by atoms with Crippen molar-refractivity contribution in [1.29, 1.82) is 0 Å². The molecule has 1 nitrogen and oxygen atoms in total. The molecule has 112 valence electrons. The van der Waals surface area contributed by atoms with Gasteiger partial charge in [0.25, 0.3) is 0 Å². The Balaban J connectivity index is 1.97. The summed E-state index contributed by atoms with van der Waals surface area (Å²) < 4.78 is 5.42. The van der Waals surface area contributed by atoms with E-state index in [1.54, 1.807) is 0 Å². The summed E-state index contributed by atoms with van der Waals surface area (Å²) in [6, 6.07) is 16.4. The van der Waals surface area contributed by atoms with Crippen LogP contribution in [0.4, 0.5) is 0 Å². The van der Waals surface area contributed by atoms with Gasteiger partial charge < -0.3 is 4.74 Å². The molecule has 0 unspecified atom stereocenters. The number of hydrogen-bond acceptors (Lipinski definition) is 1. The van der Waals surface area contributed by atoms with E-state index < -0.39 is 0 Å². The molecule has 0 saturated carbocycles. The second-order valence-electron chi connectivity index (χ2n) is 5.09. The van der Waals surface area contributed by atoms with Crippen molar-refractivity contribution in [2.45, 2.75) is 26.2 Å². The molecule has 0 bridgehead atoms. The van der Waals surface area contributed by atoms with Crippen LogP contribution in [0.2, 0.25) is 0 Å². The first-order valence-corrected chi connectivity index (χ1v) is 7.76. The van der Waals surface area contributed by atoms with Crippen LogP contribution in [0.3, 0.4) is 0 Å². The summed E-state index contributed by atoms with van der Waals surface area (Å²) in [7, 11) is 0. The van der Waals surface area contributed by atoms with Crippen molar-refractivity contribution in [3.05, 3.63) is 77.9 Å². The fraction of sp³-hybridized carbons (Fsp3) is 0.238. The zero-order valence-corrected chi connectivity index (χ0v) is 13.1. The predicted molar refractivity (Wildman–Crippen MR) is 93.2 cm³/mol. The number of ether oxygens (including phenoxy) is 1. The lowest BCUT2D eigenvalue weighted by molar-refractivity contribution is 0.340. The summed E-state index contributed by atoms with van der Waals surface area (Å²) in [5, 5.41) is 0. The Morgan fingerprint density at radius 1 is 0.955 bits per heavy atom. The molecule has 0 aliphatic carbocycles. The van der Waals surface area contributed by atoms with E-state index in [4.69, 9.17) is 4.74 Å². The van der Waals surface area contributed by atoms with Crippen LogP contribution in [-0.2, 0) is 6.42 Å². The van der Waals surface area contributed by atoms with E-state index >= 15 is 0 Å². The third-order valence-corrected chi connectivity index (χ3v) is 3.34. The van der Waals surface area contributed by atoms with Crippen LogP contribution in [0.1, 0.15) is 36.5 Å². The minimum atomic E-state index is 0.685. The molecule has 0 saturated heterocycles. The van der Waals surface area contributed by atoms with Crippen molar-refractivity contribution in [2.75, 3.05) is 6.61 Å². The normalized spacial score (nSPS) is 9.68. The minimum Gasteiger partial charge on any atom is -0.494 e. The van der Waals surface area contributed by atoms with E-state index in [-0.39, 0.29) is 0 Å². The predicted octanol–water partition coefficient (Wildman–Crippen LogP) is 4.99. The van der Waals surface area contributed by atoms with Crippen molar-refractivity contribution in [3.8, 4) is 17.6 Å². The Labute approximate surface area is 133 Å². The summed E-state index contributed by atoms with van der Waals surface area (Å²) in [4.78, 5) is 0. The van der Waals surface area contributed by atoms with Crippen molar-refractivity contribution in [2.24, 2.45) is 0 Å². The van der Waals surface area contributed by atoms with E-state index in [2.05, 4.69) is 42.7 Å². The third kappa shape index (κ3) is 5.14. The molecule has 0 radical (unpaired) electrons. The molecule has 1 heteroatoms. The summed E-state index contributed by atoms with van der Waals surface area (Å²) in [6.45, 7) is 6.41. The standard InChI is InChI=1S/C21H22O/c1-3-5-6-7-18-8-10-19(11-9-18)12-13-20-14-16-21(17-15-20)22-4-2/h3,8-11,14-17H,1,4-7H2,2H3. The molecule has 22 heavy (non-hydrogen) atoms. The zero-order chi connectivity index (χ0) is 15.6. The van der Waals surface area contributed by atoms with Crippen molar-refractivity contribution < 1.29 is 4.74 Å². The van der Waals surface area contributed by atoms with Crippen LogP contribution in [0.5, 0.6) is 5.75 Å². The van der Waals surface area contributed by atoms with Crippen LogP contribution in [0.25, 0.3) is 0 Å². The molecule has 0 N–H and O–H groups in total. The molecule has 0 fully saturated rings. The molecular formula is C21H22O. The van der Waals surface area contributed by atoms with Crippen molar-refractivity contribution >= 4 is 0 Å². The van der Waals surface area contributed by atoms with E-state index in [0.717, 1.165) is 36.1 Å². The smallest absolute Gasteiger partial charge is 0.119 e. The van der Waals surface area contributed by atoms with Gasteiger partial charge in [0.1, 0.15) is 5.75 Å². The van der Waals surface area contributed by atoms with Gasteiger partial charge in [0, 0.05) is 11.1 Å². The Hall–Kier alpha value is -2.46. The summed E-state index contributed by atoms with van der Waals surface area (Å²) in [5.41, 5.74) is 3.40. The van der Waals surface area contributed by atoms with Gasteiger partial charge in [-0.2, -0.15) is 0 Å². The van der Waals surface area contributed by atoms with Crippen LogP contribution < -0.4 is 4.74 Å². The maximum absolute atomic E-state index is 5.42. The number of unbranched alkanes of at least 4 members (excludes halogenated alkanes) is 1. The van der Waals surface area contributed by atoms with E-state index in [9.17, 15) is 0 Å². The van der Waals surface area contributed by atoms with Gasteiger partial charge in [0.15, 0.2) is 0 Å². The largest absolute Gasteiger partial charge is 0.494 e. The summed E-state index contributed by atoms with van der Waals surface area (Å²) in [5.74, 6) is 7.27. The Morgan fingerprint density at radius 3 is 2.09 bits per heavy atom. The Morgan fingerprint density at radius 2 is 1.55 bits per heavy atom. The molecular weight excluding hydrogens is 268 g/mol. The summed E-state index contributed by atoms with van der Waals surface area (Å²) in [6.07, 6.45) is 5.29. The SMILES string of the molecule is C=CCCCc1ccc(C#Cc2ccc(OCC)cc2)cc1. The molecule has 2 aromatic rings. The van der Waals surface area contributed by atoms with E-state index in [1.165, 1.54) is 5.56 Å². The third-order valence-electron chi connectivity index (χ3n) is 3.34. The second kappa shape index (κ2) is 8.74. The fourth-order valence-electron chi connectivity index (χ4n) is 2.15. The summed E-state index contributed by atoms with van der Waals surface area (Å²) >= 11 is 0. The van der Waals surface area contributed by atoms with E-state index in [1.807, 2.05) is 37.3 Å². The number of aryl methyl sites for hydroxylation is 1. The monoisotopic (exact) mass is 290 g/mol. The van der Waals surface area contributed by atoms with Gasteiger partial charge >= 0.3 is 0 Å². The number of benzene rings is 2. The fourth-order valence-corrected chi connectivity index (χ4v) is 2.15. The molecule has 2 aromatic carbocycles. The highest BCUT2D eigenvalue weighted by molar-refractivity contribution is 5.44. The Bertz CT molecular complexity index is 639. The molecule has 0 aliphatic heterocycles. The highest BCUT2D eigenvalue weighted by Crippen LogP contribution is 2.12. The highest BCUT2D eigenvalue weighted by atomic mass is 16.5. The topological polar surface area (TPSA) is 9.23 Å². The van der Waals surface area contributed by atoms with Gasteiger partial charge in [-0.1, -0.05) is 30.0 Å². The molecule has 0 aliphatic rings. The number of allylic oxidation sites excluding steroid dienone is 1. The molecule has 0 aromatic heterocycles. The molecule has 0 spiro atoms. The lowest BCUT2D eigenvalue weighted by Gasteiger charge is -2.01. The minimum absolute atomic E-state index is 0.685. The van der Waals surface area contributed by atoms with Gasteiger partial charge in [-0.3, -0.25) is 0 Å². The van der Waals surface area contributed by atoms with Gasteiger partial charge in [0.2, 0.25) is 0 Å². The average Bonchev–Trinajstić information content (AvgIpc) is 2.56. The molecule has 0 amide bonds. The van der Waals surface area contributed by atoms with Crippen molar-refractivity contribution in [1.82, 2.24) is 0 Å².